The predicted octanol–water partition coefficient (Wildman–Crippen LogP) is 3.61. The fourth-order valence-electron chi connectivity index (χ4n) is 1.62. The van der Waals surface area contributed by atoms with E-state index in [-0.39, 0.29) is 5.91 Å². The van der Waals surface area contributed by atoms with Gasteiger partial charge in [0.2, 0.25) is 5.91 Å². The summed E-state index contributed by atoms with van der Waals surface area (Å²) in [5.41, 5.74) is 1.92. The van der Waals surface area contributed by atoms with Crippen LogP contribution in [0.2, 0.25) is 0 Å². The molecule has 2 aromatic rings. The molecule has 0 spiro atoms. The van der Waals surface area contributed by atoms with Gasteiger partial charge in [-0.05, 0) is 29.8 Å². The van der Waals surface area contributed by atoms with Crippen molar-refractivity contribution in [3.8, 4) is 5.75 Å². The Hall–Kier alpha value is -2.29. The van der Waals surface area contributed by atoms with Crippen molar-refractivity contribution < 1.29 is 9.53 Å². The van der Waals surface area contributed by atoms with Crippen LogP contribution in [0.3, 0.4) is 0 Å². The van der Waals surface area contributed by atoms with Crippen molar-refractivity contribution >= 4 is 11.6 Å². The van der Waals surface area contributed by atoms with Crippen molar-refractivity contribution in [2.24, 2.45) is 0 Å². The number of rotatable bonds is 5. The average Bonchev–Trinajstić information content (AvgIpc) is 2.47. The van der Waals surface area contributed by atoms with Gasteiger partial charge in [-0.1, -0.05) is 37.3 Å². The Balaban J connectivity index is 1.90. The van der Waals surface area contributed by atoms with Crippen molar-refractivity contribution in [3.05, 3.63) is 60.2 Å². The Morgan fingerprint density at radius 1 is 1.05 bits per heavy atom. The maximum Gasteiger partial charge on any atom is 0.224 e. The van der Waals surface area contributed by atoms with Gasteiger partial charge in [-0.2, -0.15) is 0 Å². The zero-order valence-corrected chi connectivity index (χ0v) is 10.9. The van der Waals surface area contributed by atoms with Crippen molar-refractivity contribution in [2.75, 3.05) is 5.32 Å². The lowest BCUT2D eigenvalue weighted by Gasteiger charge is -2.08. The van der Waals surface area contributed by atoms with Crippen LogP contribution in [-0.2, 0) is 11.4 Å². The molecule has 0 unspecified atom stereocenters. The van der Waals surface area contributed by atoms with Crippen LogP contribution in [0.25, 0.3) is 0 Å². The maximum absolute atomic E-state index is 11.2. The molecule has 2 rings (SSSR count). The Morgan fingerprint density at radius 3 is 2.37 bits per heavy atom. The molecule has 0 fully saturated rings. The van der Waals surface area contributed by atoms with Gasteiger partial charge in [0.15, 0.2) is 0 Å². The molecule has 0 atom stereocenters. The number of anilines is 1. The van der Waals surface area contributed by atoms with Gasteiger partial charge in [0.25, 0.3) is 0 Å². The molecule has 3 heteroatoms. The highest BCUT2D eigenvalue weighted by Gasteiger charge is 1.99. The van der Waals surface area contributed by atoms with E-state index in [1.165, 1.54) is 0 Å². The van der Waals surface area contributed by atoms with Crippen molar-refractivity contribution in [2.45, 2.75) is 20.0 Å². The third-order valence-corrected chi connectivity index (χ3v) is 2.71. The van der Waals surface area contributed by atoms with Gasteiger partial charge in [0.05, 0.1) is 0 Å². The minimum absolute atomic E-state index is 0.0120. The third kappa shape index (κ3) is 4.14. The molecule has 0 bridgehead atoms. The molecule has 0 aliphatic rings. The molecule has 2 aromatic carbocycles. The molecule has 1 N–H and O–H groups in total. The second-order valence-corrected chi connectivity index (χ2v) is 4.20. The number of benzene rings is 2. The van der Waals surface area contributed by atoms with Crippen LogP contribution in [0.5, 0.6) is 5.75 Å². The summed E-state index contributed by atoms with van der Waals surface area (Å²) < 4.78 is 5.67. The first-order valence-corrected chi connectivity index (χ1v) is 6.34. The van der Waals surface area contributed by atoms with E-state index in [9.17, 15) is 4.79 Å². The quantitative estimate of drug-likeness (QED) is 0.886. The third-order valence-electron chi connectivity index (χ3n) is 2.71. The largest absolute Gasteiger partial charge is 0.489 e. The van der Waals surface area contributed by atoms with Gasteiger partial charge in [-0.25, -0.2) is 0 Å². The molecule has 0 radical (unpaired) electrons. The summed E-state index contributed by atoms with van der Waals surface area (Å²) >= 11 is 0. The number of ether oxygens (including phenoxy) is 1. The fourth-order valence-corrected chi connectivity index (χ4v) is 1.62. The Morgan fingerprint density at radius 2 is 1.74 bits per heavy atom. The second-order valence-electron chi connectivity index (χ2n) is 4.20. The second kappa shape index (κ2) is 6.59. The highest BCUT2D eigenvalue weighted by Crippen LogP contribution is 2.17. The normalized spacial score (nSPS) is 9.95. The molecule has 98 valence electrons. The first-order valence-electron chi connectivity index (χ1n) is 6.34. The lowest BCUT2D eigenvalue weighted by Crippen LogP contribution is -2.09. The monoisotopic (exact) mass is 255 g/mol. The van der Waals surface area contributed by atoms with Crippen LogP contribution in [-0.4, -0.2) is 5.91 Å². The number of amides is 1. The van der Waals surface area contributed by atoms with E-state index in [4.69, 9.17) is 4.74 Å². The van der Waals surface area contributed by atoms with Gasteiger partial charge in [0.1, 0.15) is 12.4 Å². The zero-order valence-electron chi connectivity index (χ0n) is 10.9. The summed E-state index contributed by atoms with van der Waals surface area (Å²) in [6, 6.07) is 17.4. The smallest absolute Gasteiger partial charge is 0.224 e. The molecule has 0 aliphatic carbocycles. The first kappa shape index (κ1) is 13.1. The molecule has 0 aliphatic heterocycles. The fraction of sp³-hybridized carbons (Fsp3) is 0.188. The Bertz CT molecular complexity index is 520. The standard InChI is InChI=1S/C16H17NO2/c1-2-16(18)17-14-8-10-15(11-9-14)19-12-13-6-4-3-5-7-13/h3-11H,2,12H2,1H3,(H,17,18). The van der Waals surface area contributed by atoms with Crippen LogP contribution >= 0.6 is 0 Å². The summed E-state index contributed by atoms with van der Waals surface area (Å²) in [7, 11) is 0. The van der Waals surface area contributed by atoms with Gasteiger partial charge in [-0.3, -0.25) is 4.79 Å². The Kier molecular flexibility index (Phi) is 4.56. The first-order chi connectivity index (χ1) is 9.28. The molecule has 0 heterocycles. The average molecular weight is 255 g/mol. The lowest BCUT2D eigenvalue weighted by molar-refractivity contribution is -0.115. The zero-order chi connectivity index (χ0) is 13.5. The predicted molar refractivity (Wildman–Crippen MR) is 76.1 cm³/mol. The lowest BCUT2D eigenvalue weighted by atomic mass is 10.2. The summed E-state index contributed by atoms with van der Waals surface area (Å²) in [5, 5.41) is 2.80. The number of hydrogen-bond acceptors (Lipinski definition) is 2. The number of nitrogens with one attached hydrogen (secondary N) is 1. The summed E-state index contributed by atoms with van der Waals surface area (Å²) in [6.45, 7) is 2.37. The van der Waals surface area contributed by atoms with E-state index < -0.39 is 0 Å². The highest BCUT2D eigenvalue weighted by molar-refractivity contribution is 5.90. The van der Waals surface area contributed by atoms with Gasteiger partial charge >= 0.3 is 0 Å². The molecular formula is C16H17NO2. The summed E-state index contributed by atoms with van der Waals surface area (Å²) in [5.74, 6) is 0.802. The van der Waals surface area contributed by atoms with Crippen LogP contribution in [0, 0.1) is 0 Å². The number of hydrogen-bond donors (Lipinski definition) is 1. The van der Waals surface area contributed by atoms with Crippen LogP contribution in [0.15, 0.2) is 54.6 Å². The van der Waals surface area contributed by atoms with Crippen LogP contribution in [0.4, 0.5) is 5.69 Å². The minimum atomic E-state index is 0.0120. The number of carbonyl (C=O) groups is 1. The Labute approximate surface area is 113 Å². The minimum Gasteiger partial charge on any atom is -0.489 e. The van der Waals surface area contributed by atoms with Gasteiger partial charge in [-0.15, -0.1) is 0 Å². The van der Waals surface area contributed by atoms with E-state index in [0.717, 1.165) is 17.0 Å². The van der Waals surface area contributed by atoms with Crippen LogP contribution < -0.4 is 10.1 Å². The number of carbonyl (C=O) groups excluding carboxylic acids is 1. The van der Waals surface area contributed by atoms with E-state index in [1.807, 2.05) is 61.5 Å². The highest BCUT2D eigenvalue weighted by atomic mass is 16.5. The van der Waals surface area contributed by atoms with E-state index in [0.29, 0.717) is 13.0 Å². The van der Waals surface area contributed by atoms with Gasteiger partial charge < -0.3 is 10.1 Å². The maximum atomic E-state index is 11.2. The van der Waals surface area contributed by atoms with E-state index in [2.05, 4.69) is 5.32 Å². The molecular weight excluding hydrogens is 238 g/mol. The van der Waals surface area contributed by atoms with Crippen LogP contribution in [0.1, 0.15) is 18.9 Å². The molecule has 0 saturated carbocycles. The van der Waals surface area contributed by atoms with E-state index in [1.54, 1.807) is 0 Å². The van der Waals surface area contributed by atoms with Crippen molar-refractivity contribution in [1.29, 1.82) is 0 Å². The molecule has 1 amide bonds. The van der Waals surface area contributed by atoms with E-state index >= 15 is 0 Å². The molecule has 0 aromatic heterocycles. The summed E-state index contributed by atoms with van der Waals surface area (Å²) in [6.07, 6.45) is 0.478. The molecule has 19 heavy (non-hydrogen) atoms. The van der Waals surface area contributed by atoms with Crippen molar-refractivity contribution in [1.82, 2.24) is 0 Å². The molecule has 3 nitrogen and oxygen atoms in total. The SMILES string of the molecule is CCC(=O)Nc1ccc(OCc2ccccc2)cc1. The van der Waals surface area contributed by atoms with Crippen molar-refractivity contribution in [3.63, 3.8) is 0 Å². The summed E-state index contributed by atoms with van der Waals surface area (Å²) in [4.78, 5) is 11.2. The topological polar surface area (TPSA) is 38.3 Å². The molecule has 0 saturated heterocycles. The van der Waals surface area contributed by atoms with Gasteiger partial charge in [0, 0.05) is 12.1 Å².